The van der Waals surface area contributed by atoms with E-state index in [0.29, 0.717) is 11.5 Å². The molecule has 19 heteroatoms. The van der Waals surface area contributed by atoms with Gasteiger partial charge in [-0.3, -0.25) is 19.2 Å². The average Bonchev–Trinajstić information content (AvgIpc) is 3.73. The van der Waals surface area contributed by atoms with Crippen LogP contribution in [-0.4, -0.2) is 121 Å². The smallest absolute Gasteiger partial charge is 0.548 e. The van der Waals surface area contributed by atoms with E-state index in [1.807, 2.05) is 24.3 Å². The quantitative estimate of drug-likeness (QED) is 0.0519. The van der Waals surface area contributed by atoms with Crippen LogP contribution in [0.4, 0.5) is 0 Å². The van der Waals surface area contributed by atoms with Crippen molar-refractivity contribution in [3.63, 3.8) is 0 Å². The standard InChI is InChI=1S/2C16H18N2O5S.C16H20N2.K/c2*1-16(2)12(15(21)22)18-13(20)11(14(18)24-16)17-10(19)8-23-9-6-4-3-5-7-9;1-3-7-15(8-4-1)13-17-11-12-18-14-16-9-5-2-6-10-16;/h2*3-7,11-12,14H,8H2,1-2H3,(H,17,19)(H,21,22);1-10,17-18H,11-14H2;/q;;;+1/p-1/t2*11-,12+,14-;;/m11../s1. The van der Waals surface area contributed by atoms with Crippen LogP contribution in [-0.2, 0) is 41.9 Å². The Kier molecular flexibility index (Phi) is 19.7. The van der Waals surface area contributed by atoms with Gasteiger partial charge < -0.3 is 55.5 Å². The van der Waals surface area contributed by atoms with Crippen molar-refractivity contribution < 1.29 is 99.8 Å². The van der Waals surface area contributed by atoms with Crippen LogP contribution in [0, 0.1) is 0 Å². The molecule has 6 atom stereocenters. The van der Waals surface area contributed by atoms with Gasteiger partial charge in [0.15, 0.2) is 13.2 Å². The van der Waals surface area contributed by atoms with Gasteiger partial charge in [-0.15, -0.1) is 23.5 Å². The Morgan fingerprint density at radius 2 is 0.940 bits per heavy atom. The summed E-state index contributed by atoms with van der Waals surface area (Å²) in [4.78, 5) is 73.8. The second kappa shape index (κ2) is 24.7. The van der Waals surface area contributed by atoms with E-state index in [9.17, 15) is 39.0 Å². The number of nitrogens with one attached hydrogen (secondary N) is 4. The van der Waals surface area contributed by atoms with Crippen LogP contribution >= 0.6 is 23.5 Å². The molecular formula is C48H55KN6O10S2. The van der Waals surface area contributed by atoms with Gasteiger partial charge in [-0.05, 0) is 63.1 Å². The van der Waals surface area contributed by atoms with Crippen molar-refractivity contribution >= 4 is 59.1 Å². The Labute approximate surface area is 441 Å². The van der Waals surface area contributed by atoms with Gasteiger partial charge in [0.2, 0.25) is 11.8 Å². The molecule has 0 saturated carbocycles. The molecule has 5 N–H and O–H groups in total. The van der Waals surface area contributed by atoms with Crippen molar-refractivity contribution in [2.24, 2.45) is 0 Å². The minimum atomic E-state index is -1.28. The number of hydrogen-bond acceptors (Lipinski definition) is 13. The molecule has 4 aliphatic rings. The van der Waals surface area contributed by atoms with E-state index >= 15 is 0 Å². The predicted octanol–water partition coefficient (Wildman–Crippen LogP) is -0.370. The van der Waals surface area contributed by atoms with Gasteiger partial charge in [-0.1, -0.05) is 97.1 Å². The molecule has 0 unspecified atom stereocenters. The maximum Gasteiger partial charge on any atom is 1.00 e. The third-order valence-corrected chi connectivity index (χ3v) is 14.2. The van der Waals surface area contributed by atoms with Crippen LogP contribution in [0.15, 0.2) is 121 Å². The fraction of sp³-hybridized carbons (Fsp3) is 0.375. The molecule has 0 aromatic heterocycles. The number of ether oxygens (including phenoxy) is 2. The molecule has 8 rings (SSSR count). The van der Waals surface area contributed by atoms with E-state index < -0.39 is 68.7 Å². The zero-order valence-corrected chi connectivity index (χ0v) is 42.8. The van der Waals surface area contributed by atoms with Crippen LogP contribution in [0.25, 0.3) is 0 Å². The van der Waals surface area contributed by atoms with Gasteiger partial charge in [0.05, 0.1) is 12.0 Å². The molecule has 4 aromatic rings. The summed E-state index contributed by atoms with van der Waals surface area (Å²) in [6.45, 7) is 10.5. The zero-order chi connectivity index (χ0) is 47.4. The van der Waals surface area contributed by atoms with E-state index in [1.165, 1.54) is 44.5 Å². The number of para-hydroxylation sites is 2. The summed E-state index contributed by atoms with van der Waals surface area (Å²) in [7, 11) is 0. The summed E-state index contributed by atoms with van der Waals surface area (Å²) in [5.74, 6) is -2.78. The monoisotopic (exact) mass is 978 g/mol. The van der Waals surface area contributed by atoms with Gasteiger partial charge in [0, 0.05) is 35.7 Å². The van der Waals surface area contributed by atoms with Crippen molar-refractivity contribution in [2.75, 3.05) is 26.3 Å². The first-order chi connectivity index (χ1) is 31.6. The number of carboxylic acids is 2. The maximum absolute atomic E-state index is 12.2. The fourth-order valence-electron chi connectivity index (χ4n) is 7.87. The average molecular weight is 979 g/mol. The van der Waals surface area contributed by atoms with E-state index in [2.05, 4.69) is 69.8 Å². The number of fused-ring (bicyclic) bond motifs is 2. The second-order valence-corrected chi connectivity index (χ2v) is 20.3. The van der Waals surface area contributed by atoms with E-state index in [1.54, 1.807) is 76.2 Å². The van der Waals surface area contributed by atoms with Crippen LogP contribution < -0.4 is 87.2 Å². The predicted molar refractivity (Wildman–Crippen MR) is 249 cm³/mol. The van der Waals surface area contributed by atoms with Crippen LogP contribution in [0.2, 0.25) is 0 Å². The number of carboxylic acid groups (broad SMARTS) is 2. The Hall–Kier alpha value is -4.44. The van der Waals surface area contributed by atoms with Crippen molar-refractivity contribution in [3.05, 3.63) is 132 Å². The number of amides is 4. The number of rotatable bonds is 17. The molecule has 4 heterocycles. The zero-order valence-electron chi connectivity index (χ0n) is 38.1. The number of hydrogen-bond donors (Lipinski definition) is 5. The molecule has 4 aromatic carbocycles. The van der Waals surface area contributed by atoms with Crippen molar-refractivity contribution in [3.8, 4) is 11.5 Å². The van der Waals surface area contributed by atoms with Gasteiger partial charge in [0.1, 0.15) is 40.4 Å². The summed E-state index contributed by atoms with van der Waals surface area (Å²) in [6, 6.07) is 35.4. The Balaban J connectivity index is 0.000000189. The van der Waals surface area contributed by atoms with Gasteiger partial charge >= 0.3 is 57.4 Å². The van der Waals surface area contributed by atoms with E-state index in [0.717, 1.165) is 26.2 Å². The van der Waals surface area contributed by atoms with Gasteiger partial charge in [0.25, 0.3) is 11.8 Å². The summed E-state index contributed by atoms with van der Waals surface area (Å²) < 4.78 is 9.41. The molecule has 4 aliphatic heterocycles. The topological polar surface area (TPSA) is 219 Å². The van der Waals surface area contributed by atoms with Crippen molar-refractivity contribution in [2.45, 2.75) is 85.2 Å². The number of nitrogens with zero attached hydrogens (tertiary/aromatic N) is 2. The first-order valence-electron chi connectivity index (χ1n) is 21.4. The van der Waals surface area contributed by atoms with Crippen LogP contribution in [0.5, 0.6) is 11.5 Å². The number of benzene rings is 4. The molecule has 4 amide bonds. The molecule has 350 valence electrons. The van der Waals surface area contributed by atoms with Crippen LogP contribution in [0.3, 0.4) is 0 Å². The third kappa shape index (κ3) is 14.1. The summed E-state index contributed by atoms with van der Waals surface area (Å²) >= 11 is 2.74. The van der Waals surface area contributed by atoms with E-state index in [4.69, 9.17) is 9.47 Å². The Bertz CT molecular complexity index is 2140. The molecule has 4 fully saturated rings. The Morgan fingerprint density at radius 3 is 1.30 bits per heavy atom. The molecule has 0 spiro atoms. The van der Waals surface area contributed by atoms with E-state index in [-0.39, 0.29) is 75.9 Å². The number of carbonyl (C=O) groups excluding carboxylic acids is 5. The van der Waals surface area contributed by atoms with Crippen molar-refractivity contribution in [1.82, 2.24) is 31.1 Å². The minimum Gasteiger partial charge on any atom is -0.548 e. The molecule has 0 radical (unpaired) electrons. The van der Waals surface area contributed by atoms with Crippen LogP contribution in [0.1, 0.15) is 38.8 Å². The molecule has 16 nitrogen and oxygen atoms in total. The minimum absolute atomic E-state index is 0. The Morgan fingerprint density at radius 1 is 0.597 bits per heavy atom. The molecule has 67 heavy (non-hydrogen) atoms. The summed E-state index contributed by atoms with van der Waals surface area (Å²) in [5, 5.41) is 32.0. The first-order valence-corrected chi connectivity index (χ1v) is 23.2. The molecular weight excluding hydrogens is 924 g/mol. The maximum atomic E-state index is 12.2. The first kappa shape index (κ1) is 53.5. The molecule has 4 saturated heterocycles. The molecule has 0 aliphatic carbocycles. The normalized spacial score (nSPS) is 22.3. The number of thioether (sulfide) groups is 2. The third-order valence-electron chi connectivity index (χ3n) is 11.0. The number of aliphatic carboxylic acids is 2. The molecule has 0 bridgehead atoms. The number of β-lactam (4-membered cyclic amide) rings is 2. The largest absolute Gasteiger partial charge is 1.00 e. The summed E-state index contributed by atoms with van der Waals surface area (Å²) in [6.07, 6.45) is 0. The second-order valence-electron chi connectivity index (χ2n) is 16.8. The van der Waals surface area contributed by atoms with Gasteiger partial charge in [-0.25, -0.2) is 4.79 Å². The summed E-state index contributed by atoms with van der Waals surface area (Å²) in [5.41, 5.74) is 2.67. The SMILES string of the molecule is CC1(C)S[C@@H]2[C@H](NC(=O)COc3ccccc3)C(=O)N2[C@H]1C(=O)O.CC1(C)S[C@@H]2[C@H](NC(=O)COc3ccccc3)C(=O)N2[C@H]1C(=O)[O-].[K+].c1ccc(CNCCNCc2ccccc2)cc1. The number of carbonyl (C=O) groups is 6. The fourth-order valence-corrected chi connectivity index (χ4v) is 11.1. The van der Waals surface area contributed by atoms with Crippen molar-refractivity contribution in [1.29, 1.82) is 0 Å². The van der Waals surface area contributed by atoms with Gasteiger partial charge in [-0.2, -0.15) is 0 Å².